The first-order chi connectivity index (χ1) is 15.5. The molecule has 2 atom stereocenters. The first-order valence-electron chi connectivity index (χ1n) is 10.4. The SMILES string of the molecule is COc1ccc(Cl)cc1NC(=O)CC1SC(=Nc2ccccc2)N(CC2CCCO2)C1=O. The average molecular weight is 474 g/mol. The van der Waals surface area contributed by atoms with Crippen LogP contribution in [0.5, 0.6) is 5.75 Å². The summed E-state index contributed by atoms with van der Waals surface area (Å²) in [7, 11) is 1.52. The first-order valence-corrected chi connectivity index (χ1v) is 11.7. The van der Waals surface area contributed by atoms with Crippen molar-refractivity contribution in [2.75, 3.05) is 25.6 Å². The molecular weight excluding hydrogens is 450 g/mol. The van der Waals surface area contributed by atoms with E-state index < -0.39 is 5.25 Å². The standard InChI is InChI=1S/C23H24ClN3O4S/c1-30-19-10-9-15(24)12-18(19)26-21(28)13-20-22(29)27(14-17-8-5-11-31-17)23(32-20)25-16-6-3-2-4-7-16/h2-4,6-7,9-10,12,17,20H,5,8,11,13-14H2,1H3,(H,26,28). The molecule has 2 amide bonds. The van der Waals surface area contributed by atoms with E-state index in [1.165, 1.54) is 18.9 Å². The summed E-state index contributed by atoms with van der Waals surface area (Å²) in [5.74, 6) is 0.0716. The summed E-state index contributed by atoms with van der Waals surface area (Å²) in [4.78, 5) is 32.3. The van der Waals surface area contributed by atoms with Crippen molar-refractivity contribution in [3.05, 3.63) is 53.6 Å². The second-order valence-electron chi connectivity index (χ2n) is 7.52. The van der Waals surface area contributed by atoms with Gasteiger partial charge < -0.3 is 14.8 Å². The number of halogens is 1. The molecule has 0 aromatic heterocycles. The monoisotopic (exact) mass is 473 g/mol. The van der Waals surface area contributed by atoms with E-state index in [-0.39, 0.29) is 24.3 Å². The van der Waals surface area contributed by atoms with Crippen molar-refractivity contribution in [2.24, 2.45) is 4.99 Å². The van der Waals surface area contributed by atoms with Crippen LogP contribution in [-0.2, 0) is 14.3 Å². The Kier molecular flexibility index (Phi) is 7.34. The van der Waals surface area contributed by atoms with Crippen LogP contribution in [0.1, 0.15) is 19.3 Å². The number of hydrogen-bond acceptors (Lipinski definition) is 6. The molecule has 9 heteroatoms. The van der Waals surface area contributed by atoms with Gasteiger partial charge in [0.2, 0.25) is 11.8 Å². The maximum Gasteiger partial charge on any atom is 0.242 e. The average Bonchev–Trinajstić information content (AvgIpc) is 3.39. The summed E-state index contributed by atoms with van der Waals surface area (Å²) in [6.45, 7) is 1.15. The van der Waals surface area contributed by atoms with Crippen molar-refractivity contribution >= 4 is 51.7 Å². The van der Waals surface area contributed by atoms with Crippen LogP contribution in [0, 0.1) is 0 Å². The van der Waals surface area contributed by atoms with Gasteiger partial charge in [-0.3, -0.25) is 14.5 Å². The van der Waals surface area contributed by atoms with Crippen LogP contribution in [0.25, 0.3) is 0 Å². The van der Waals surface area contributed by atoms with Crippen molar-refractivity contribution in [3.8, 4) is 5.75 Å². The highest BCUT2D eigenvalue weighted by atomic mass is 35.5. The highest BCUT2D eigenvalue weighted by molar-refractivity contribution is 8.15. The Bertz CT molecular complexity index is 1010. The number of hydrogen-bond donors (Lipinski definition) is 1. The molecule has 168 valence electrons. The first kappa shape index (κ1) is 22.6. The molecule has 2 saturated heterocycles. The van der Waals surface area contributed by atoms with Gasteiger partial charge in [0.15, 0.2) is 5.17 Å². The molecule has 2 aliphatic rings. The molecule has 2 heterocycles. The van der Waals surface area contributed by atoms with Gasteiger partial charge in [-0.25, -0.2) is 4.99 Å². The number of methoxy groups -OCH3 is 1. The number of benzene rings is 2. The number of nitrogens with zero attached hydrogens (tertiary/aromatic N) is 2. The van der Waals surface area contributed by atoms with Gasteiger partial charge in [-0.15, -0.1) is 0 Å². The minimum Gasteiger partial charge on any atom is -0.495 e. The summed E-state index contributed by atoms with van der Waals surface area (Å²) in [6, 6.07) is 14.5. The lowest BCUT2D eigenvalue weighted by Gasteiger charge is -2.20. The lowest BCUT2D eigenvalue weighted by Crippen LogP contribution is -2.38. The summed E-state index contributed by atoms with van der Waals surface area (Å²) < 4.78 is 11.0. The number of para-hydroxylation sites is 1. The van der Waals surface area contributed by atoms with Gasteiger partial charge in [-0.05, 0) is 43.2 Å². The van der Waals surface area contributed by atoms with E-state index >= 15 is 0 Å². The van der Waals surface area contributed by atoms with E-state index in [4.69, 9.17) is 21.1 Å². The van der Waals surface area contributed by atoms with Gasteiger partial charge >= 0.3 is 0 Å². The molecule has 4 rings (SSSR count). The maximum absolute atomic E-state index is 13.2. The number of anilines is 1. The summed E-state index contributed by atoms with van der Waals surface area (Å²) in [5, 5.41) is 3.31. The minimum atomic E-state index is -0.566. The molecular formula is C23H24ClN3O4S. The third-order valence-corrected chi connectivity index (χ3v) is 6.63. The van der Waals surface area contributed by atoms with Crippen LogP contribution in [-0.4, -0.2) is 53.5 Å². The lowest BCUT2D eigenvalue weighted by molar-refractivity contribution is -0.129. The Labute approximate surface area is 196 Å². The predicted molar refractivity (Wildman–Crippen MR) is 127 cm³/mol. The molecule has 32 heavy (non-hydrogen) atoms. The maximum atomic E-state index is 13.2. The normalized spacial score (nSPS) is 21.9. The molecule has 2 aromatic rings. The summed E-state index contributed by atoms with van der Waals surface area (Å²) in [6.07, 6.45) is 1.89. The van der Waals surface area contributed by atoms with Crippen LogP contribution < -0.4 is 10.1 Å². The van der Waals surface area contributed by atoms with Crippen molar-refractivity contribution in [1.82, 2.24) is 4.90 Å². The molecule has 0 bridgehead atoms. The van der Waals surface area contributed by atoms with Gasteiger partial charge in [0.25, 0.3) is 0 Å². The fourth-order valence-corrected chi connectivity index (χ4v) is 4.98. The second kappa shape index (κ2) is 10.4. The highest BCUT2D eigenvalue weighted by Gasteiger charge is 2.40. The number of amidine groups is 1. The number of ether oxygens (including phenoxy) is 2. The van der Waals surface area contributed by atoms with Crippen molar-refractivity contribution in [3.63, 3.8) is 0 Å². The molecule has 0 radical (unpaired) electrons. The van der Waals surface area contributed by atoms with Gasteiger partial charge in [-0.1, -0.05) is 41.6 Å². The third kappa shape index (κ3) is 5.43. The topological polar surface area (TPSA) is 80.2 Å². The van der Waals surface area contributed by atoms with Crippen LogP contribution >= 0.6 is 23.4 Å². The summed E-state index contributed by atoms with van der Waals surface area (Å²) in [5.41, 5.74) is 1.23. The fraction of sp³-hybridized carbons (Fsp3) is 0.348. The molecule has 1 N–H and O–H groups in total. The van der Waals surface area contributed by atoms with Gasteiger partial charge in [0.1, 0.15) is 11.0 Å². The zero-order valence-electron chi connectivity index (χ0n) is 17.6. The Morgan fingerprint density at radius 2 is 2.12 bits per heavy atom. The summed E-state index contributed by atoms with van der Waals surface area (Å²) >= 11 is 7.36. The number of thioether (sulfide) groups is 1. The molecule has 0 saturated carbocycles. The van der Waals surface area contributed by atoms with Crippen LogP contribution in [0.15, 0.2) is 53.5 Å². The lowest BCUT2D eigenvalue weighted by atomic mass is 10.2. The quantitative estimate of drug-likeness (QED) is 0.641. The molecule has 2 aliphatic heterocycles. The number of aliphatic imine (C=N–C) groups is 1. The Morgan fingerprint density at radius 1 is 1.31 bits per heavy atom. The zero-order chi connectivity index (χ0) is 22.5. The molecule has 0 aliphatic carbocycles. The van der Waals surface area contributed by atoms with Gasteiger partial charge in [0, 0.05) is 18.1 Å². The largest absolute Gasteiger partial charge is 0.495 e. The van der Waals surface area contributed by atoms with Crippen LogP contribution in [0.4, 0.5) is 11.4 Å². The predicted octanol–water partition coefficient (Wildman–Crippen LogP) is 4.49. The minimum absolute atomic E-state index is 0.00893. The number of amides is 2. The second-order valence-corrected chi connectivity index (χ2v) is 9.12. The zero-order valence-corrected chi connectivity index (χ0v) is 19.2. The molecule has 2 aromatic carbocycles. The molecule has 2 fully saturated rings. The molecule has 7 nitrogen and oxygen atoms in total. The van der Waals surface area contributed by atoms with E-state index in [2.05, 4.69) is 10.3 Å². The van der Waals surface area contributed by atoms with E-state index in [0.717, 1.165) is 18.5 Å². The van der Waals surface area contributed by atoms with Crippen molar-refractivity contribution in [2.45, 2.75) is 30.6 Å². The Morgan fingerprint density at radius 3 is 2.84 bits per heavy atom. The van der Waals surface area contributed by atoms with E-state index in [1.807, 2.05) is 30.3 Å². The Balaban J connectivity index is 1.50. The number of nitrogens with one attached hydrogen (secondary N) is 1. The van der Waals surface area contributed by atoms with E-state index in [9.17, 15) is 9.59 Å². The van der Waals surface area contributed by atoms with E-state index in [0.29, 0.717) is 34.8 Å². The number of rotatable bonds is 7. The smallest absolute Gasteiger partial charge is 0.242 e. The highest BCUT2D eigenvalue weighted by Crippen LogP contribution is 2.34. The Hall–Kier alpha value is -2.55. The van der Waals surface area contributed by atoms with Gasteiger partial charge in [-0.2, -0.15) is 0 Å². The molecule has 0 spiro atoms. The van der Waals surface area contributed by atoms with Crippen LogP contribution in [0.3, 0.4) is 0 Å². The number of carbonyl (C=O) groups excluding carboxylic acids is 2. The number of carbonyl (C=O) groups is 2. The fourth-order valence-electron chi connectivity index (χ4n) is 3.65. The van der Waals surface area contributed by atoms with Crippen LogP contribution in [0.2, 0.25) is 5.02 Å². The van der Waals surface area contributed by atoms with E-state index in [1.54, 1.807) is 23.1 Å². The third-order valence-electron chi connectivity index (χ3n) is 5.22. The molecule has 2 unspecified atom stereocenters. The van der Waals surface area contributed by atoms with Crippen molar-refractivity contribution in [1.29, 1.82) is 0 Å². The van der Waals surface area contributed by atoms with Crippen molar-refractivity contribution < 1.29 is 19.1 Å². The van der Waals surface area contributed by atoms with Gasteiger partial charge in [0.05, 0.1) is 31.1 Å².